The lowest BCUT2D eigenvalue weighted by molar-refractivity contribution is -0.129. The zero-order valence-corrected chi connectivity index (χ0v) is 18.4. The van der Waals surface area contributed by atoms with Crippen molar-refractivity contribution in [3.8, 4) is 28.6 Å². The van der Waals surface area contributed by atoms with Crippen LogP contribution in [0.4, 0.5) is 0 Å². The lowest BCUT2D eigenvalue weighted by atomic mass is 10.1. The Morgan fingerprint density at radius 1 is 0.968 bits per heavy atom. The molecule has 0 unspecified atom stereocenters. The molecule has 2 aromatic carbocycles. The number of carbonyl (C=O) groups is 1. The SMILES string of the molecule is COc1ccc(-c2cnc(CCC(=O)N(C)CCc3ccc(OC)c(OC)c3)o2)cc1. The minimum Gasteiger partial charge on any atom is -0.497 e. The van der Waals surface area contributed by atoms with Gasteiger partial charge in [-0.05, 0) is 48.4 Å². The molecule has 0 aliphatic rings. The summed E-state index contributed by atoms with van der Waals surface area (Å²) in [6.07, 6.45) is 3.20. The van der Waals surface area contributed by atoms with Crippen LogP contribution < -0.4 is 14.2 Å². The smallest absolute Gasteiger partial charge is 0.222 e. The first-order valence-corrected chi connectivity index (χ1v) is 10.1. The molecule has 0 saturated heterocycles. The highest BCUT2D eigenvalue weighted by molar-refractivity contribution is 5.76. The Hall–Kier alpha value is -3.48. The fraction of sp³-hybridized carbons (Fsp3) is 0.333. The van der Waals surface area contributed by atoms with Crippen LogP contribution in [0.15, 0.2) is 53.1 Å². The van der Waals surface area contributed by atoms with E-state index in [4.69, 9.17) is 18.6 Å². The minimum atomic E-state index is 0.0460. The average molecular weight is 424 g/mol. The average Bonchev–Trinajstić information content (AvgIpc) is 3.29. The predicted octanol–water partition coefficient (Wildman–Crippen LogP) is 4.00. The highest BCUT2D eigenvalue weighted by Crippen LogP contribution is 2.28. The molecule has 0 aliphatic heterocycles. The van der Waals surface area contributed by atoms with Gasteiger partial charge in [-0.25, -0.2) is 4.98 Å². The Morgan fingerprint density at radius 3 is 2.39 bits per heavy atom. The predicted molar refractivity (Wildman–Crippen MR) is 118 cm³/mol. The maximum Gasteiger partial charge on any atom is 0.222 e. The standard InChI is InChI=1S/C24H28N2O5/c1-26(14-13-17-5-10-20(29-3)21(15-17)30-4)24(27)12-11-23-25-16-22(31-23)18-6-8-19(28-2)9-7-18/h5-10,15-16H,11-14H2,1-4H3. The third-order valence-corrected chi connectivity index (χ3v) is 5.09. The van der Waals surface area contributed by atoms with E-state index in [2.05, 4.69) is 4.98 Å². The Balaban J connectivity index is 1.49. The maximum atomic E-state index is 12.5. The fourth-order valence-electron chi connectivity index (χ4n) is 3.18. The Kier molecular flexibility index (Phi) is 7.54. The quantitative estimate of drug-likeness (QED) is 0.490. The molecule has 7 heteroatoms. The van der Waals surface area contributed by atoms with Crippen LogP contribution in [0.1, 0.15) is 17.9 Å². The highest BCUT2D eigenvalue weighted by atomic mass is 16.5. The number of rotatable bonds is 10. The summed E-state index contributed by atoms with van der Waals surface area (Å²) in [6.45, 7) is 0.608. The topological polar surface area (TPSA) is 74.0 Å². The van der Waals surface area contributed by atoms with Crippen LogP contribution in [-0.2, 0) is 17.6 Å². The molecule has 0 aliphatic carbocycles. The molecule has 31 heavy (non-hydrogen) atoms. The van der Waals surface area contributed by atoms with Gasteiger partial charge in [-0.2, -0.15) is 0 Å². The fourth-order valence-corrected chi connectivity index (χ4v) is 3.18. The van der Waals surface area contributed by atoms with Crippen molar-refractivity contribution < 1.29 is 23.4 Å². The van der Waals surface area contributed by atoms with Gasteiger partial charge in [0.25, 0.3) is 0 Å². The van der Waals surface area contributed by atoms with Crippen LogP contribution in [0.2, 0.25) is 0 Å². The van der Waals surface area contributed by atoms with Gasteiger partial charge in [0.05, 0.1) is 27.5 Å². The number of methoxy groups -OCH3 is 3. The number of nitrogens with zero attached hydrogens (tertiary/aromatic N) is 2. The van der Waals surface area contributed by atoms with E-state index in [1.54, 1.807) is 39.5 Å². The van der Waals surface area contributed by atoms with Gasteiger partial charge in [0.1, 0.15) is 5.75 Å². The number of aromatic nitrogens is 1. The van der Waals surface area contributed by atoms with E-state index in [1.807, 2.05) is 42.5 Å². The molecule has 7 nitrogen and oxygen atoms in total. The summed E-state index contributed by atoms with van der Waals surface area (Å²) in [4.78, 5) is 18.5. The van der Waals surface area contributed by atoms with Crippen LogP contribution in [0.25, 0.3) is 11.3 Å². The largest absolute Gasteiger partial charge is 0.497 e. The number of benzene rings is 2. The second-order valence-corrected chi connectivity index (χ2v) is 7.10. The van der Waals surface area contributed by atoms with E-state index in [1.165, 1.54) is 0 Å². The molecule has 0 atom stereocenters. The van der Waals surface area contributed by atoms with E-state index in [0.29, 0.717) is 42.5 Å². The summed E-state index contributed by atoms with van der Waals surface area (Å²) < 4.78 is 21.6. The van der Waals surface area contributed by atoms with Gasteiger partial charge in [-0.3, -0.25) is 4.79 Å². The number of ether oxygens (including phenoxy) is 3. The van der Waals surface area contributed by atoms with Gasteiger partial charge >= 0.3 is 0 Å². The molecule has 0 radical (unpaired) electrons. The number of oxazole rings is 1. The number of hydrogen-bond donors (Lipinski definition) is 0. The van der Waals surface area contributed by atoms with E-state index in [-0.39, 0.29) is 5.91 Å². The van der Waals surface area contributed by atoms with Crippen molar-refractivity contribution in [3.63, 3.8) is 0 Å². The second kappa shape index (κ2) is 10.5. The van der Waals surface area contributed by atoms with Crippen LogP contribution in [0.5, 0.6) is 17.2 Å². The monoisotopic (exact) mass is 424 g/mol. The van der Waals surface area contributed by atoms with Gasteiger partial charge in [0, 0.05) is 32.0 Å². The van der Waals surface area contributed by atoms with Crippen molar-refractivity contribution in [2.45, 2.75) is 19.3 Å². The van der Waals surface area contributed by atoms with Crippen molar-refractivity contribution in [2.75, 3.05) is 34.9 Å². The van der Waals surface area contributed by atoms with Crippen LogP contribution >= 0.6 is 0 Å². The van der Waals surface area contributed by atoms with Crippen molar-refractivity contribution in [1.29, 1.82) is 0 Å². The van der Waals surface area contributed by atoms with Gasteiger partial charge in [-0.15, -0.1) is 0 Å². The van der Waals surface area contributed by atoms with Crippen molar-refractivity contribution in [2.24, 2.45) is 0 Å². The van der Waals surface area contributed by atoms with Crippen molar-refractivity contribution in [1.82, 2.24) is 9.88 Å². The maximum absolute atomic E-state index is 12.5. The number of hydrogen-bond acceptors (Lipinski definition) is 6. The summed E-state index contributed by atoms with van der Waals surface area (Å²) in [5, 5.41) is 0. The van der Waals surface area contributed by atoms with Crippen molar-refractivity contribution >= 4 is 5.91 Å². The first-order chi connectivity index (χ1) is 15.0. The molecule has 3 aromatic rings. The molecular weight excluding hydrogens is 396 g/mol. The number of likely N-dealkylation sites (N-methyl/N-ethyl adjacent to an activating group) is 1. The summed E-state index contributed by atoms with van der Waals surface area (Å²) in [7, 11) is 6.66. The molecule has 0 fully saturated rings. The number of aryl methyl sites for hydroxylation is 1. The van der Waals surface area contributed by atoms with Gasteiger partial charge in [-0.1, -0.05) is 6.07 Å². The third kappa shape index (κ3) is 5.78. The van der Waals surface area contributed by atoms with Gasteiger partial charge in [0.2, 0.25) is 5.91 Å². The molecule has 3 rings (SSSR count). The zero-order valence-electron chi connectivity index (χ0n) is 18.4. The third-order valence-electron chi connectivity index (χ3n) is 5.09. The molecule has 1 heterocycles. The van der Waals surface area contributed by atoms with E-state index in [0.717, 1.165) is 23.3 Å². The Morgan fingerprint density at radius 2 is 1.71 bits per heavy atom. The summed E-state index contributed by atoms with van der Waals surface area (Å²) in [5.74, 6) is 3.43. The van der Waals surface area contributed by atoms with Crippen molar-refractivity contribution in [3.05, 3.63) is 60.1 Å². The molecular formula is C24H28N2O5. The molecule has 164 valence electrons. The molecule has 0 saturated carbocycles. The zero-order chi connectivity index (χ0) is 22.2. The highest BCUT2D eigenvalue weighted by Gasteiger charge is 2.13. The van der Waals surface area contributed by atoms with Gasteiger partial charge < -0.3 is 23.5 Å². The minimum absolute atomic E-state index is 0.0460. The van der Waals surface area contributed by atoms with Crippen LogP contribution in [0.3, 0.4) is 0 Å². The Labute approximate surface area is 182 Å². The van der Waals surface area contributed by atoms with E-state index in [9.17, 15) is 4.79 Å². The van der Waals surface area contributed by atoms with E-state index >= 15 is 0 Å². The number of carbonyl (C=O) groups excluding carboxylic acids is 1. The van der Waals surface area contributed by atoms with E-state index < -0.39 is 0 Å². The molecule has 1 aromatic heterocycles. The lowest BCUT2D eigenvalue weighted by Crippen LogP contribution is -2.29. The Bertz CT molecular complexity index is 997. The summed E-state index contributed by atoms with van der Waals surface area (Å²) in [5.41, 5.74) is 1.99. The first kappa shape index (κ1) is 22.2. The first-order valence-electron chi connectivity index (χ1n) is 10.1. The molecule has 0 bridgehead atoms. The second-order valence-electron chi connectivity index (χ2n) is 7.10. The molecule has 1 amide bonds. The lowest BCUT2D eigenvalue weighted by Gasteiger charge is -2.17. The van der Waals surface area contributed by atoms with Crippen LogP contribution in [-0.4, -0.2) is 50.7 Å². The summed E-state index contributed by atoms with van der Waals surface area (Å²) in [6, 6.07) is 13.4. The summed E-state index contributed by atoms with van der Waals surface area (Å²) >= 11 is 0. The normalized spacial score (nSPS) is 10.6. The van der Waals surface area contributed by atoms with Crippen LogP contribution in [0, 0.1) is 0 Å². The molecule has 0 spiro atoms. The van der Waals surface area contributed by atoms with Gasteiger partial charge in [0.15, 0.2) is 23.1 Å². The molecule has 0 N–H and O–H groups in total. The number of amides is 1.